The van der Waals surface area contributed by atoms with Gasteiger partial charge < -0.3 is 0 Å². The maximum absolute atomic E-state index is 11.5. The number of rotatable bonds is 4. The van der Waals surface area contributed by atoms with Gasteiger partial charge in [-0.3, -0.25) is 4.79 Å². The molecule has 0 unspecified atom stereocenters. The van der Waals surface area contributed by atoms with Crippen LogP contribution in [0.2, 0.25) is 0 Å². The van der Waals surface area contributed by atoms with E-state index in [2.05, 4.69) is 5.10 Å². The molecule has 0 spiro atoms. The van der Waals surface area contributed by atoms with E-state index < -0.39 is 15.1 Å². The first-order valence-electron chi connectivity index (χ1n) is 4.77. The van der Waals surface area contributed by atoms with Gasteiger partial charge in [-0.1, -0.05) is 0 Å². The zero-order valence-electron chi connectivity index (χ0n) is 9.05. The molecule has 0 amide bonds. The minimum atomic E-state index is -3.12. The number of aromatic nitrogens is 2. The largest absolute Gasteiger partial charge is 0.268 e. The lowest BCUT2D eigenvalue weighted by molar-refractivity contribution is 0.564. The third kappa shape index (κ3) is 3.55. The van der Waals surface area contributed by atoms with Crippen LogP contribution in [0.4, 0.5) is 0 Å². The Morgan fingerprint density at radius 2 is 2.12 bits per heavy atom. The van der Waals surface area contributed by atoms with Crippen LogP contribution < -0.4 is 5.56 Å². The summed E-state index contributed by atoms with van der Waals surface area (Å²) in [6.07, 6.45) is 1.53. The van der Waals surface area contributed by atoms with E-state index in [1.165, 1.54) is 16.9 Å². The summed E-state index contributed by atoms with van der Waals surface area (Å²) < 4.78 is 25.0. The van der Waals surface area contributed by atoms with Crippen LogP contribution in [0.15, 0.2) is 17.1 Å². The molecule has 0 N–H and O–H groups in total. The lowest BCUT2D eigenvalue weighted by atomic mass is 10.5. The lowest BCUT2D eigenvalue weighted by Gasteiger charge is -2.08. The van der Waals surface area contributed by atoms with E-state index in [-0.39, 0.29) is 17.9 Å². The second kappa shape index (κ2) is 5.26. The van der Waals surface area contributed by atoms with Gasteiger partial charge >= 0.3 is 0 Å². The molecule has 0 aliphatic rings. The van der Waals surface area contributed by atoms with Gasteiger partial charge in [-0.15, -0.1) is 0 Å². The second-order valence-electron chi connectivity index (χ2n) is 3.65. The molecule has 0 radical (unpaired) electrons. The van der Waals surface area contributed by atoms with Crippen LogP contribution in [0.3, 0.4) is 0 Å². The van der Waals surface area contributed by atoms with Crippen molar-refractivity contribution in [2.24, 2.45) is 0 Å². The summed E-state index contributed by atoms with van der Waals surface area (Å²) in [5, 5.41) is 3.45. The van der Waals surface area contributed by atoms with E-state index in [0.717, 1.165) is 3.57 Å². The van der Waals surface area contributed by atoms with Crippen molar-refractivity contribution in [3.63, 3.8) is 0 Å². The van der Waals surface area contributed by atoms with Crippen LogP contribution in [0.25, 0.3) is 0 Å². The molecular weight excluding hydrogens is 343 g/mol. The van der Waals surface area contributed by atoms with Crippen LogP contribution in [-0.2, 0) is 16.4 Å². The molecule has 1 rings (SSSR count). The number of aryl methyl sites for hydroxylation is 1. The Hall–Kier alpha value is -0.440. The third-order valence-electron chi connectivity index (χ3n) is 2.14. The van der Waals surface area contributed by atoms with E-state index in [0.29, 0.717) is 0 Å². The summed E-state index contributed by atoms with van der Waals surface area (Å²) in [5.41, 5.74) is -0.272. The summed E-state index contributed by atoms with van der Waals surface area (Å²) >= 11 is 1.98. The first-order valence-corrected chi connectivity index (χ1v) is 7.56. The number of hydrogen-bond donors (Lipinski definition) is 0. The summed E-state index contributed by atoms with van der Waals surface area (Å²) in [6.45, 7) is 3.36. The maximum Gasteiger partial charge on any atom is 0.267 e. The molecule has 0 saturated carbocycles. The molecule has 5 nitrogen and oxygen atoms in total. The number of nitrogens with zero attached hydrogens (tertiary/aromatic N) is 2. The number of hydrogen-bond acceptors (Lipinski definition) is 4. The molecule has 16 heavy (non-hydrogen) atoms. The van der Waals surface area contributed by atoms with Gasteiger partial charge in [-0.05, 0) is 36.4 Å². The SMILES string of the molecule is CC(C)S(=O)(=O)CCn1ncc(I)cc1=O. The van der Waals surface area contributed by atoms with Crippen molar-refractivity contribution in [3.8, 4) is 0 Å². The van der Waals surface area contributed by atoms with Crippen molar-refractivity contribution in [3.05, 3.63) is 26.2 Å². The number of halogens is 1. The van der Waals surface area contributed by atoms with Crippen LogP contribution in [0.5, 0.6) is 0 Å². The Morgan fingerprint density at radius 3 is 2.62 bits per heavy atom. The molecule has 1 aromatic heterocycles. The highest BCUT2D eigenvalue weighted by atomic mass is 127. The average Bonchev–Trinajstić information content (AvgIpc) is 2.16. The highest BCUT2D eigenvalue weighted by molar-refractivity contribution is 14.1. The van der Waals surface area contributed by atoms with E-state index in [4.69, 9.17) is 0 Å². The van der Waals surface area contributed by atoms with Crippen molar-refractivity contribution in [1.82, 2.24) is 9.78 Å². The van der Waals surface area contributed by atoms with Gasteiger partial charge in [0.15, 0.2) is 9.84 Å². The Labute approximate surface area is 108 Å². The lowest BCUT2D eigenvalue weighted by Crippen LogP contribution is -2.28. The van der Waals surface area contributed by atoms with Gasteiger partial charge in [0.1, 0.15) is 0 Å². The predicted molar refractivity (Wildman–Crippen MR) is 70.1 cm³/mol. The van der Waals surface area contributed by atoms with Gasteiger partial charge in [-0.25, -0.2) is 13.1 Å². The molecule has 0 bridgehead atoms. The summed E-state index contributed by atoms with van der Waals surface area (Å²) in [4.78, 5) is 11.4. The van der Waals surface area contributed by atoms with Gasteiger partial charge in [0, 0.05) is 9.64 Å². The molecule has 0 aliphatic heterocycles. The fourth-order valence-corrected chi connectivity index (χ4v) is 2.32. The third-order valence-corrected chi connectivity index (χ3v) is 4.92. The van der Waals surface area contributed by atoms with Crippen LogP contribution >= 0.6 is 22.6 Å². The molecule has 7 heteroatoms. The Morgan fingerprint density at radius 1 is 1.50 bits per heavy atom. The summed E-state index contributed by atoms with van der Waals surface area (Å²) in [5.74, 6) is -0.0574. The Kier molecular flexibility index (Phi) is 4.48. The smallest absolute Gasteiger partial charge is 0.267 e. The summed E-state index contributed by atoms with van der Waals surface area (Å²) in [6, 6.07) is 1.43. The predicted octanol–water partition coefficient (Wildman–Crippen LogP) is 0.671. The van der Waals surface area contributed by atoms with Gasteiger partial charge in [-0.2, -0.15) is 5.10 Å². The first kappa shape index (κ1) is 13.6. The van der Waals surface area contributed by atoms with Crippen molar-refractivity contribution < 1.29 is 8.42 Å². The summed E-state index contributed by atoms with van der Waals surface area (Å²) in [7, 11) is -3.12. The van der Waals surface area contributed by atoms with Crippen molar-refractivity contribution in [2.45, 2.75) is 25.6 Å². The van der Waals surface area contributed by atoms with E-state index >= 15 is 0 Å². The minimum absolute atomic E-state index is 0.0574. The molecule has 0 fully saturated rings. The zero-order valence-corrected chi connectivity index (χ0v) is 12.0. The van der Waals surface area contributed by atoms with E-state index in [1.54, 1.807) is 13.8 Å². The highest BCUT2D eigenvalue weighted by Gasteiger charge is 2.16. The average molecular weight is 356 g/mol. The Balaban J connectivity index is 2.80. The minimum Gasteiger partial charge on any atom is -0.268 e. The fraction of sp³-hybridized carbons (Fsp3) is 0.556. The van der Waals surface area contributed by atoms with Crippen molar-refractivity contribution in [2.75, 3.05) is 5.75 Å². The highest BCUT2D eigenvalue weighted by Crippen LogP contribution is 2.01. The molecule has 0 aromatic carbocycles. The molecule has 90 valence electrons. The monoisotopic (exact) mass is 356 g/mol. The second-order valence-corrected chi connectivity index (χ2v) is 7.57. The molecule has 1 aromatic rings. The maximum atomic E-state index is 11.5. The zero-order chi connectivity index (χ0) is 12.3. The van der Waals surface area contributed by atoms with Crippen molar-refractivity contribution >= 4 is 32.4 Å². The van der Waals surface area contributed by atoms with Crippen LogP contribution in [0, 0.1) is 3.57 Å². The van der Waals surface area contributed by atoms with Crippen LogP contribution in [-0.4, -0.2) is 29.2 Å². The van der Waals surface area contributed by atoms with Crippen LogP contribution in [0.1, 0.15) is 13.8 Å². The van der Waals surface area contributed by atoms with Gasteiger partial charge in [0.25, 0.3) is 5.56 Å². The molecule has 0 saturated heterocycles. The fourth-order valence-electron chi connectivity index (χ4n) is 1.03. The van der Waals surface area contributed by atoms with Gasteiger partial charge in [0.05, 0.1) is 23.7 Å². The normalized spacial score (nSPS) is 12.0. The first-order chi connectivity index (χ1) is 7.33. The number of sulfone groups is 1. The molecular formula is C9H13IN2O3S. The Bertz CT molecular complexity index is 522. The van der Waals surface area contributed by atoms with Gasteiger partial charge in [0.2, 0.25) is 0 Å². The molecule has 1 heterocycles. The van der Waals surface area contributed by atoms with E-state index in [9.17, 15) is 13.2 Å². The topological polar surface area (TPSA) is 69.0 Å². The quantitative estimate of drug-likeness (QED) is 0.744. The van der Waals surface area contributed by atoms with Crippen molar-refractivity contribution in [1.29, 1.82) is 0 Å². The standard InChI is InChI=1S/C9H13IN2O3S/c1-7(2)16(14,15)4-3-12-9(13)5-8(10)6-11-12/h5-7H,3-4H2,1-2H3. The molecule has 0 aliphatic carbocycles. The van der Waals surface area contributed by atoms with E-state index in [1.807, 2.05) is 22.6 Å². The molecule has 0 atom stereocenters.